The van der Waals surface area contributed by atoms with Crippen molar-refractivity contribution in [1.29, 1.82) is 0 Å². The fourth-order valence-electron chi connectivity index (χ4n) is 4.38. The zero-order valence-electron chi connectivity index (χ0n) is 16.9. The Bertz CT molecular complexity index is 1280. The Balaban J connectivity index is 1.51. The van der Waals surface area contributed by atoms with E-state index in [-0.39, 0.29) is 11.3 Å². The van der Waals surface area contributed by atoms with Crippen LogP contribution in [0.5, 0.6) is 5.75 Å². The molecule has 1 amide bonds. The number of thioether (sulfide) groups is 1. The van der Waals surface area contributed by atoms with Crippen molar-refractivity contribution < 1.29 is 9.53 Å². The summed E-state index contributed by atoms with van der Waals surface area (Å²) in [5, 5.41) is 10.5. The number of nitrogens with zero attached hydrogens (tertiary/aromatic N) is 2. The number of hydrogen-bond acceptors (Lipinski definition) is 5. The highest BCUT2D eigenvalue weighted by atomic mass is 35.5. The number of fused-ring (bicyclic) bond motifs is 4. The van der Waals surface area contributed by atoms with Gasteiger partial charge in [-0.2, -0.15) is 5.10 Å². The number of nitrogens with one attached hydrogen (secondary N) is 1. The van der Waals surface area contributed by atoms with Crippen LogP contribution in [-0.2, 0) is 0 Å². The second kappa shape index (κ2) is 7.43. The van der Waals surface area contributed by atoms with Gasteiger partial charge in [0.15, 0.2) is 0 Å². The van der Waals surface area contributed by atoms with Crippen LogP contribution in [0.3, 0.4) is 0 Å². The molecule has 0 unspecified atom stereocenters. The molecular weight excluding hydrogens is 442 g/mol. The lowest BCUT2D eigenvalue weighted by Crippen LogP contribution is -2.61. The molecule has 3 aromatic carbocycles. The van der Waals surface area contributed by atoms with E-state index in [0.717, 1.165) is 51.2 Å². The van der Waals surface area contributed by atoms with Crippen LogP contribution >= 0.6 is 23.4 Å². The standard InChI is InChI=1S/C25H18ClN3O2S/c26-18-12-10-16(11-13-18)14-23-25(27-24(30)32-23)29-21(19-8-4-5-9-22(19)31-25)15-20(28-29)17-6-2-1-3-7-17/h1-14,21H,15H2,(H,27,30)/b23-14-/t21-,25+/m0/s1. The van der Waals surface area contributed by atoms with Crippen molar-refractivity contribution in [1.82, 2.24) is 10.3 Å². The lowest BCUT2D eigenvalue weighted by Gasteiger charge is -2.45. The molecule has 0 saturated carbocycles. The second-order valence-electron chi connectivity index (χ2n) is 7.84. The van der Waals surface area contributed by atoms with Crippen LogP contribution in [0.15, 0.2) is 88.9 Å². The van der Waals surface area contributed by atoms with E-state index >= 15 is 0 Å². The van der Waals surface area contributed by atoms with Gasteiger partial charge in [-0.1, -0.05) is 72.3 Å². The summed E-state index contributed by atoms with van der Waals surface area (Å²) in [6.45, 7) is 0. The summed E-state index contributed by atoms with van der Waals surface area (Å²) in [5.74, 6) is -0.445. The van der Waals surface area contributed by atoms with E-state index in [9.17, 15) is 4.79 Å². The average Bonchev–Trinajstić information content (AvgIpc) is 3.39. The minimum absolute atomic E-state index is 0.0530. The van der Waals surface area contributed by atoms with Crippen molar-refractivity contribution in [3.63, 3.8) is 0 Å². The Kier molecular flexibility index (Phi) is 4.52. The number of hydrazone groups is 1. The van der Waals surface area contributed by atoms with Crippen LogP contribution in [0.25, 0.3) is 6.08 Å². The summed E-state index contributed by atoms with van der Waals surface area (Å²) >= 11 is 7.19. The summed E-state index contributed by atoms with van der Waals surface area (Å²) in [6.07, 6.45) is 2.68. The van der Waals surface area contributed by atoms with E-state index in [2.05, 4.69) is 23.5 Å². The van der Waals surface area contributed by atoms with Gasteiger partial charge >= 0.3 is 5.85 Å². The molecular formula is C25H18ClN3O2S. The highest BCUT2D eigenvalue weighted by Gasteiger charge is 2.58. The number of amides is 1. The lowest BCUT2D eigenvalue weighted by atomic mass is 9.95. The van der Waals surface area contributed by atoms with Crippen molar-refractivity contribution in [2.24, 2.45) is 5.10 Å². The monoisotopic (exact) mass is 459 g/mol. The molecule has 1 spiro atoms. The molecule has 1 N–H and O–H groups in total. The number of halogens is 1. The third-order valence-electron chi connectivity index (χ3n) is 5.85. The predicted octanol–water partition coefficient (Wildman–Crippen LogP) is 6.03. The number of hydrogen-bond donors (Lipinski definition) is 1. The molecule has 0 radical (unpaired) electrons. The molecule has 2 atom stereocenters. The van der Waals surface area contributed by atoms with Crippen LogP contribution in [0.2, 0.25) is 5.02 Å². The van der Waals surface area contributed by atoms with Crippen LogP contribution in [0, 0.1) is 0 Å². The smallest absolute Gasteiger partial charge is 0.314 e. The average molecular weight is 460 g/mol. The predicted molar refractivity (Wildman–Crippen MR) is 128 cm³/mol. The molecule has 3 aromatic rings. The van der Waals surface area contributed by atoms with Crippen LogP contribution in [-0.4, -0.2) is 21.8 Å². The number of rotatable bonds is 2. The summed E-state index contributed by atoms with van der Waals surface area (Å²) in [6, 6.07) is 25.5. The van der Waals surface area contributed by atoms with Gasteiger partial charge in [-0.3, -0.25) is 10.1 Å². The molecule has 3 aliphatic heterocycles. The third kappa shape index (κ3) is 3.10. The van der Waals surface area contributed by atoms with Crippen molar-refractivity contribution in [3.05, 3.63) is 105 Å². The van der Waals surface area contributed by atoms with E-state index in [1.54, 1.807) is 0 Å². The molecule has 5 nitrogen and oxygen atoms in total. The van der Waals surface area contributed by atoms with E-state index in [4.69, 9.17) is 21.4 Å². The van der Waals surface area contributed by atoms with E-state index in [0.29, 0.717) is 5.02 Å². The maximum atomic E-state index is 12.7. The number of para-hydroxylation sites is 1. The number of carbonyl (C=O) groups excluding carboxylic acids is 1. The summed E-state index contributed by atoms with van der Waals surface area (Å²) in [4.78, 5) is 13.4. The molecule has 158 valence electrons. The first-order valence-electron chi connectivity index (χ1n) is 10.3. The lowest BCUT2D eigenvalue weighted by molar-refractivity contribution is -0.0949. The molecule has 7 heteroatoms. The molecule has 3 aliphatic rings. The number of carbonyl (C=O) groups is 1. The highest BCUT2D eigenvalue weighted by Crippen LogP contribution is 2.52. The van der Waals surface area contributed by atoms with Gasteiger partial charge in [0.2, 0.25) is 0 Å². The van der Waals surface area contributed by atoms with Crippen molar-refractivity contribution >= 4 is 40.4 Å². The third-order valence-corrected chi connectivity index (χ3v) is 7.01. The van der Waals surface area contributed by atoms with Gasteiger partial charge < -0.3 is 4.74 Å². The molecule has 6 rings (SSSR count). The summed E-state index contributed by atoms with van der Waals surface area (Å²) in [7, 11) is 0. The SMILES string of the molecule is O=C1N[C@]2(Oc3ccccc3[C@@H]3CC(c4ccccc4)=NN32)/C(=C/c2ccc(Cl)cc2)S1. The minimum Gasteiger partial charge on any atom is -0.444 e. The van der Waals surface area contributed by atoms with Crippen LogP contribution in [0.1, 0.15) is 29.2 Å². The maximum absolute atomic E-state index is 12.7. The normalized spacial score (nSPS) is 24.7. The Morgan fingerprint density at radius 1 is 1.06 bits per heavy atom. The minimum atomic E-state index is -1.20. The first kappa shape index (κ1) is 19.5. The first-order valence-corrected chi connectivity index (χ1v) is 11.5. The molecule has 3 heterocycles. The van der Waals surface area contributed by atoms with Gasteiger partial charge in [0.25, 0.3) is 5.24 Å². The summed E-state index contributed by atoms with van der Waals surface area (Å²) < 4.78 is 6.53. The largest absolute Gasteiger partial charge is 0.444 e. The number of benzene rings is 3. The fourth-order valence-corrected chi connectivity index (χ4v) is 5.42. The summed E-state index contributed by atoms with van der Waals surface area (Å²) in [5.41, 5.74) is 4.02. The molecule has 0 aromatic heterocycles. The Morgan fingerprint density at radius 2 is 1.81 bits per heavy atom. The Morgan fingerprint density at radius 3 is 2.62 bits per heavy atom. The van der Waals surface area contributed by atoms with Crippen LogP contribution < -0.4 is 10.1 Å². The highest BCUT2D eigenvalue weighted by molar-refractivity contribution is 8.17. The zero-order chi connectivity index (χ0) is 21.7. The molecule has 0 bridgehead atoms. The van der Waals surface area contributed by atoms with Crippen molar-refractivity contribution in [2.45, 2.75) is 18.3 Å². The van der Waals surface area contributed by atoms with Crippen molar-refractivity contribution in [2.75, 3.05) is 0 Å². The van der Waals surface area contributed by atoms with Gasteiger partial charge in [-0.05, 0) is 47.2 Å². The first-order chi connectivity index (χ1) is 15.6. The van der Waals surface area contributed by atoms with Crippen LogP contribution in [0.4, 0.5) is 4.79 Å². The van der Waals surface area contributed by atoms with E-state index in [1.165, 1.54) is 0 Å². The second-order valence-corrected chi connectivity index (χ2v) is 9.29. The number of ether oxygens (including phenoxy) is 1. The maximum Gasteiger partial charge on any atom is 0.314 e. The fraction of sp³-hybridized carbons (Fsp3) is 0.120. The molecule has 1 saturated heterocycles. The molecule has 0 aliphatic carbocycles. The quantitative estimate of drug-likeness (QED) is 0.508. The Hall–Kier alpha value is -3.22. The Labute approximate surface area is 194 Å². The van der Waals surface area contributed by atoms with Gasteiger partial charge in [-0.15, -0.1) is 0 Å². The molecule has 32 heavy (non-hydrogen) atoms. The van der Waals surface area contributed by atoms with E-state index < -0.39 is 5.85 Å². The zero-order valence-corrected chi connectivity index (χ0v) is 18.4. The topological polar surface area (TPSA) is 53.9 Å². The van der Waals surface area contributed by atoms with Gasteiger partial charge in [0, 0.05) is 17.0 Å². The van der Waals surface area contributed by atoms with Gasteiger partial charge in [-0.25, -0.2) is 5.01 Å². The van der Waals surface area contributed by atoms with Gasteiger partial charge in [0.05, 0.1) is 16.7 Å². The molecule has 1 fully saturated rings. The van der Waals surface area contributed by atoms with Gasteiger partial charge in [0.1, 0.15) is 5.75 Å². The van der Waals surface area contributed by atoms with E-state index in [1.807, 2.05) is 71.7 Å². The van der Waals surface area contributed by atoms with Crippen molar-refractivity contribution in [3.8, 4) is 5.75 Å².